The molecule has 4 atom stereocenters. The first-order chi connectivity index (χ1) is 19.5. The van der Waals surface area contributed by atoms with Crippen LogP contribution in [0.4, 0.5) is 0 Å². The lowest BCUT2D eigenvalue weighted by Gasteiger charge is -2.28. The summed E-state index contributed by atoms with van der Waals surface area (Å²) in [5, 5.41) is 0. The molecule has 0 bridgehead atoms. The average Bonchev–Trinajstić information content (AvgIpc) is 2.99. The molecular formula is C32H50N2O6. The van der Waals surface area contributed by atoms with Crippen LogP contribution in [0.5, 0.6) is 23.0 Å². The average molecular weight is 559 g/mol. The molecule has 0 aromatic heterocycles. The van der Waals surface area contributed by atoms with Crippen LogP contribution in [0.25, 0.3) is 0 Å². The van der Waals surface area contributed by atoms with Crippen molar-refractivity contribution in [3.8, 4) is 23.0 Å². The van der Waals surface area contributed by atoms with Crippen LogP contribution in [0.3, 0.4) is 0 Å². The van der Waals surface area contributed by atoms with Gasteiger partial charge in [-0.15, -0.1) is 0 Å². The lowest BCUT2D eigenvalue weighted by molar-refractivity contribution is 0.0168. The van der Waals surface area contributed by atoms with E-state index in [2.05, 4.69) is 0 Å². The minimum atomic E-state index is 0.203. The molecule has 4 N–H and O–H groups in total. The Balaban J connectivity index is 0.000000220. The first-order valence-electron chi connectivity index (χ1n) is 14.6. The molecule has 2 aliphatic carbocycles. The SMILES string of the molecule is COc1ccc(CCO[C@@H]2CCCC[C@H]2N)cc1OC.COc1ccc(CCO[C@@H]2CCCC[C@H]2N)cc1OC. The molecule has 0 saturated heterocycles. The van der Waals surface area contributed by atoms with Crippen molar-refractivity contribution in [2.75, 3.05) is 41.7 Å². The predicted molar refractivity (Wildman–Crippen MR) is 159 cm³/mol. The molecule has 8 nitrogen and oxygen atoms in total. The van der Waals surface area contributed by atoms with Gasteiger partial charge in [-0.1, -0.05) is 37.8 Å². The summed E-state index contributed by atoms with van der Waals surface area (Å²) < 4.78 is 32.9. The molecule has 0 aliphatic heterocycles. The molecular weight excluding hydrogens is 508 g/mol. The number of hydrogen-bond acceptors (Lipinski definition) is 8. The minimum absolute atomic E-state index is 0.203. The van der Waals surface area contributed by atoms with Gasteiger partial charge in [0.05, 0.1) is 53.9 Å². The van der Waals surface area contributed by atoms with E-state index >= 15 is 0 Å². The van der Waals surface area contributed by atoms with Crippen LogP contribution < -0.4 is 30.4 Å². The van der Waals surface area contributed by atoms with E-state index in [9.17, 15) is 0 Å². The van der Waals surface area contributed by atoms with Crippen LogP contribution in [0.15, 0.2) is 36.4 Å². The molecule has 0 unspecified atom stereocenters. The van der Waals surface area contributed by atoms with Gasteiger partial charge in [0.15, 0.2) is 23.0 Å². The smallest absolute Gasteiger partial charge is 0.160 e. The van der Waals surface area contributed by atoms with E-state index in [0.29, 0.717) is 13.2 Å². The number of ether oxygens (including phenoxy) is 6. The number of nitrogens with two attached hydrogens (primary N) is 2. The monoisotopic (exact) mass is 558 g/mol. The van der Waals surface area contributed by atoms with Crippen LogP contribution in [0, 0.1) is 0 Å². The molecule has 2 aromatic carbocycles. The quantitative estimate of drug-likeness (QED) is 0.372. The van der Waals surface area contributed by atoms with E-state index in [1.165, 1.54) is 36.8 Å². The zero-order valence-corrected chi connectivity index (χ0v) is 24.9. The standard InChI is InChI=1S/2C16H25NO3/c2*1-18-15-8-7-12(11-16(15)19-2)9-10-20-14-6-4-3-5-13(14)17/h2*7-8,11,13-14H,3-6,9-10,17H2,1-2H3/t2*13-,14-/m11/s1. The molecule has 0 amide bonds. The number of benzene rings is 2. The van der Waals surface area contributed by atoms with E-state index in [0.717, 1.165) is 61.5 Å². The van der Waals surface area contributed by atoms with Crippen LogP contribution in [0.2, 0.25) is 0 Å². The highest BCUT2D eigenvalue weighted by Crippen LogP contribution is 2.29. The van der Waals surface area contributed by atoms with Gasteiger partial charge >= 0.3 is 0 Å². The van der Waals surface area contributed by atoms with E-state index in [1.807, 2.05) is 36.4 Å². The van der Waals surface area contributed by atoms with Crippen molar-refractivity contribution >= 4 is 0 Å². The van der Waals surface area contributed by atoms with E-state index in [4.69, 9.17) is 39.9 Å². The Bertz CT molecular complexity index is 924. The molecule has 40 heavy (non-hydrogen) atoms. The van der Waals surface area contributed by atoms with Gasteiger partial charge in [-0.2, -0.15) is 0 Å². The normalized spacial score (nSPS) is 22.6. The van der Waals surface area contributed by atoms with Gasteiger partial charge in [-0.05, 0) is 73.9 Å². The largest absolute Gasteiger partial charge is 0.493 e. The number of methoxy groups -OCH3 is 4. The Morgan fingerprint density at radius 3 is 1.27 bits per heavy atom. The number of hydrogen-bond donors (Lipinski definition) is 2. The summed E-state index contributed by atoms with van der Waals surface area (Å²) in [6, 6.07) is 12.4. The van der Waals surface area contributed by atoms with Crippen LogP contribution in [-0.4, -0.2) is 65.9 Å². The van der Waals surface area contributed by atoms with E-state index in [1.54, 1.807) is 28.4 Å². The second-order valence-electron chi connectivity index (χ2n) is 10.6. The van der Waals surface area contributed by atoms with E-state index in [-0.39, 0.29) is 24.3 Å². The van der Waals surface area contributed by atoms with Crippen LogP contribution in [-0.2, 0) is 22.3 Å². The molecule has 224 valence electrons. The van der Waals surface area contributed by atoms with Gasteiger partial charge in [-0.25, -0.2) is 0 Å². The van der Waals surface area contributed by atoms with Gasteiger partial charge in [0.1, 0.15) is 0 Å². The Morgan fingerprint density at radius 1 is 0.550 bits per heavy atom. The van der Waals surface area contributed by atoms with Crippen molar-refractivity contribution in [3.05, 3.63) is 47.5 Å². The Morgan fingerprint density at radius 2 is 0.925 bits per heavy atom. The second kappa shape index (κ2) is 17.3. The Labute approximate surface area is 240 Å². The van der Waals surface area contributed by atoms with E-state index < -0.39 is 0 Å². The van der Waals surface area contributed by atoms with Crippen molar-refractivity contribution in [1.29, 1.82) is 0 Å². The predicted octanol–water partition coefficient (Wildman–Crippen LogP) is 5.07. The molecule has 0 heterocycles. The van der Waals surface area contributed by atoms with Crippen LogP contribution >= 0.6 is 0 Å². The summed E-state index contributed by atoms with van der Waals surface area (Å²) in [5.41, 5.74) is 14.5. The lowest BCUT2D eigenvalue weighted by atomic mass is 9.93. The highest BCUT2D eigenvalue weighted by molar-refractivity contribution is 5.43. The molecule has 2 aliphatic rings. The highest BCUT2D eigenvalue weighted by Gasteiger charge is 2.23. The van der Waals surface area contributed by atoms with Gasteiger partial charge in [0, 0.05) is 12.1 Å². The summed E-state index contributed by atoms with van der Waals surface area (Å²) in [7, 11) is 6.59. The second-order valence-corrected chi connectivity index (χ2v) is 10.6. The Hall–Kier alpha value is -2.52. The van der Waals surface area contributed by atoms with Gasteiger partial charge < -0.3 is 39.9 Å². The summed E-state index contributed by atoms with van der Waals surface area (Å²) >= 11 is 0. The van der Waals surface area contributed by atoms with Crippen molar-refractivity contribution < 1.29 is 28.4 Å². The lowest BCUT2D eigenvalue weighted by Crippen LogP contribution is -2.39. The maximum Gasteiger partial charge on any atom is 0.160 e. The van der Waals surface area contributed by atoms with Crippen molar-refractivity contribution in [3.63, 3.8) is 0 Å². The minimum Gasteiger partial charge on any atom is -0.493 e. The summed E-state index contributed by atoms with van der Waals surface area (Å²) in [6.45, 7) is 1.40. The zero-order valence-electron chi connectivity index (χ0n) is 24.9. The summed E-state index contributed by atoms with van der Waals surface area (Å²) in [5.74, 6) is 3.04. The fourth-order valence-corrected chi connectivity index (χ4v) is 5.39. The molecule has 2 aromatic rings. The highest BCUT2D eigenvalue weighted by atomic mass is 16.5. The molecule has 2 saturated carbocycles. The third kappa shape index (κ3) is 9.84. The van der Waals surface area contributed by atoms with Crippen molar-refractivity contribution in [1.82, 2.24) is 0 Å². The van der Waals surface area contributed by atoms with Crippen LogP contribution in [0.1, 0.15) is 62.5 Å². The maximum absolute atomic E-state index is 6.08. The molecule has 4 rings (SSSR count). The molecule has 0 radical (unpaired) electrons. The zero-order chi connectivity index (χ0) is 28.7. The van der Waals surface area contributed by atoms with Crippen molar-refractivity contribution in [2.45, 2.75) is 88.5 Å². The van der Waals surface area contributed by atoms with Gasteiger partial charge in [0.2, 0.25) is 0 Å². The number of rotatable bonds is 12. The molecule has 2 fully saturated rings. The van der Waals surface area contributed by atoms with Crippen molar-refractivity contribution in [2.24, 2.45) is 11.5 Å². The third-order valence-corrected chi connectivity index (χ3v) is 7.85. The molecule has 0 spiro atoms. The van der Waals surface area contributed by atoms with Gasteiger partial charge in [0.25, 0.3) is 0 Å². The maximum atomic E-state index is 6.08. The first-order valence-corrected chi connectivity index (χ1v) is 14.6. The Kier molecular flexibility index (Phi) is 13.9. The topological polar surface area (TPSA) is 107 Å². The first kappa shape index (κ1) is 32.0. The fourth-order valence-electron chi connectivity index (χ4n) is 5.39. The third-order valence-electron chi connectivity index (χ3n) is 7.85. The van der Waals surface area contributed by atoms with Gasteiger partial charge in [-0.3, -0.25) is 0 Å². The summed E-state index contributed by atoms with van der Waals surface area (Å²) in [6.07, 6.45) is 11.5. The fraction of sp³-hybridized carbons (Fsp3) is 0.625. The molecule has 8 heteroatoms. The summed E-state index contributed by atoms with van der Waals surface area (Å²) in [4.78, 5) is 0.